The molecule has 4 rings (SSSR count). The van der Waals surface area contributed by atoms with Crippen LogP contribution in [0.15, 0.2) is 53.4 Å². The Morgan fingerprint density at radius 2 is 1.70 bits per heavy atom. The molecule has 0 fully saturated rings. The van der Waals surface area contributed by atoms with E-state index in [-0.39, 0.29) is 11.0 Å². The fraction of sp³-hybridized carbons (Fsp3) is 0.280. The smallest absolute Gasteiger partial charge is 0.200 e. The van der Waals surface area contributed by atoms with Crippen LogP contribution in [0.4, 0.5) is 14.5 Å². The number of anilines is 1. The molecule has 0 amide bonds. The molecule has 1 atom stereocenters. The van der Waals surface area contributed by atoms with E-state index in [1.807, 2.05) is 18.2 Å². The number of thioether (sulfide) groups is 1. The van der Waals surface area contributed by atoms with E-state index in [0.717, 1.165) is 22.2 Å². The molecule has 1 aliphatic heterocycles. The molecular formula is C25H25F2NO4S. The van der Waals surface area contributed by atoms with E-state index in [4.69, 9.17) is 14.2 Å². The fourth-order valence-corrected chi connectivity index (χ4v) is 5.34. The van der Waals surface area contributed by atoms with Gasteiger partial charge in [-0.3, -0.25) is 0 Å². The highest BCUT2D eigenvalue weighted by molar-refractivity contribution is 7.99. The van der Waals surface area contributed by atoms with Crippen LogP contribution in [0.25, 0.3) is 0 Å². The Morgan fingerprint density at radius 1 is 0.970 bits per heavy atom. The van der Waals surface area contributed by atoms with E-state index in [9.17, 15) is 13.9 Å². The van der Waals surface area contributed by atoms with Crippen molar-refractivity contribution in [3.63, 3.8) is 0 Å². The third-order valence-electron chi connectivity index (χ3n) is 5.66. The number of hydrogen-bond donors (Lipinski definition) is 1. The van der Waals surface area contributed by atoms with Crippen LogP contribution in [-0.2, 0) is 6.54 Å². The van der Waals surface area contributed by atoms with E-state index < -0.39 is 11.6 Å². The summed E-state index contributed by atoms with van der Waals surface area (Å²) in [5.41, 5.74) is 2.35. The Hall–Kier alpha value is -3.13. The van der Waals surface area contributed by atoms with Gasteiger partial charge in [-0.1, -0.05) is 6.07 Å². The van der Waals surface area contributed by atoms with Gasteiger partial charge >= 0.3 is 0 Å². The first-order valence-corrected chi connectivity index (χ1v) is 11.3. The van der Waals surface area contributed by atoms with Gasteiger partial charge in [-0.2, -0.15) is 0 Å². The molecule has 174 valence electrons. The first-order valence-electron chi connectivity index (χ1n) is 10.4. The van der Waals surface area contributed by atoms with E-state index in [1.54, 1.807) is 19.2 Å². The van der Waals surface area contributed by atoms with Crippen molar-refractivity contribution in [1.82, 2.24) is 0 Å². The van der Waals surface area contributed by atoms with Crippen molar-refractivity contribution in [1.29, 1.82) is 0 Å². The Kier molecular flexibility index (Phi) is 6.83. The van der Waals surface area contributed by atoms with Gasteiger partial charge in [0, 0.05) is 34.9 Å². The minimum atomic E-state index is -0.589. The number of halogens is 2. The van der Waals surface area contributed by atoms with Gasteiger partial charge in [0.05, 0.1) is 27.0 Å². The minimum absolute atomic E-state index is 0.0489. The van der Waals surface area contributed by atoms with Crippen molar-refractivity contribution < 1.29 is 28.1 Å². The van der Waals surface area contributed by atoms with Crippen LogP contribution < -0.4 is 19.1 Å². The van der Waals surface area contributed by atoms with Crippen LogP contribution in [0.5, 0.6) is 23.0 Å². The van der Waals surface area contributed by atoms with E-state index in [2.05, 4.69) is 4.90 Å². The molecule has 0 saturated heterocycles. The molecule has 0 unspecified atom stereocenters. The van der Waals surface area contributed by atoms with Crippen LogP contribution in [0.2, 0.25) is 0 Å². The summed E-state index contributed by atoms with van der Waals surface area (Å²) in [7, 11) is 4.58. The van der Waals surface area contributed by atoms with Gasteiger partial charge in [-0.05, 0) is 48.4 Å². The molecular weight excluding hydrogens is 448 g/mol. The zero-order valence-corrected chi connectivity index (χ0v) is 19.4. The van der Waals surface area contributed by atoms with Crippen molar-refractivity contribution in [2.75, 3.05) is 32.8 Å². The number of phenols is 1. The van der Waals surface area contributed by atoms with Crippen molar-refractivity contribution >= 4 is 17.4 Å². The molecule has 0 radical (unpaired) electrons. The molecule has 0 aliphatic carbocycles. The predicted octanol–water partition coefficient (Wildman–Crippen LogP) is 5.94. The number of hydrogen-bond acceptors (Lipinski definition) is 6. The molecule has 1 N–H and O–H groups in total. The van der Waals surface area contributed by atoms with Crippen molar-refractivity contribution in [2.45, 2.75) is 23.1 Å². The fourth-order valence-electron chi connectivity index (χ4n) is 3.99. The van der Waals surface area contributed by atoms with Crippen molar-refractivity contribution in [2.24, 2.45) is 0 Å². The summed E-state index contributed by atoms with van der Waals surface area (Å²) in [4.78, 5) is 3.13. The minimum Gasteiger partial charge on any atom is -0.502 e. The summed E-state index contributed by atoms with van der Waals surface area (Å²) in [6.07, 6.45) is 0.649. The van der Waals surface area contributed by atoms with Gasteiger partial charge in [0.2, 0.25) is 5.75 Å². The average molecular weight is 474 g/mol. The van der Waals surface area contributed by atoms with Gasteiger partial charge in [-0.25, -0.2) is 8.78 Å². The van der Waals surface area contributed by atoms with Gasteiger partial charge in [-0.15, -0.1) is 11.8 Å². The summed E-state index contributed by atoms with van der Waals surface area (Å²) >= 11 is 1.54. The average Bonchev–Trinajstić information content (AvgIpc) is 2.98. The second-order valence-electron chi connectivity index (χ2n) is 7.67. The topological polar surface area (TPSA) is 51.2 Å². The maximum atomic E-state index is 14.6. The first kappa shape index (κ1) is 23.0. The number of methoxy groups -OCH3 is 3. The van der Waals surface area contributed by atoms with Crippen LogP contribution in [0.1, 0.15) is 22.8 Å². The molecule has 1 heterocycles. The second kappa shape index (κ2) is 9.79. The van der Waals surface area contributed by atoms with Gasteiger partial charge in [0.1, 0.15) is 17.4 Å². The lowest BCUT2D eigenvalue weighted by Crippen LogP contribution is -2.24. The molecule has 1 aliphatic rings. The molecule has 5 nitrogen and oxygen atoms in total. The molecule has 0 spiro atoms. The van der Waals surface area contributed by atoms with Crippen molar-refractivity contribution in [3.05, 3.63) is 71.3 Å². The second-order valence-corrected chi connectivity index (χ2v) is 8.91. The largest absolute Gasteiger partial charge is 0.502 e. The Labute approximate surface area is 195 Å². The number of nitrogens with zero attached hydrogens (tertiary/aromatic N) is 1. The van der Waals surface area contributed by atoms with E-state index in [0.29, 0.717) is 42.3 Å². The summed E-state index contributed by atoms with van der Waals surface area (Å²) in [5, 5.41) is 10.1. The summed E-state index contributed by atoms with van der Waals surface area (Å²) < 4.78 is 44.1. The molecule has 0 aromatic heterocycles. The molecule has 8 heteroatoms. The number of aromatic hydroxyl groups is 1. The van der Waals surface area contributed by atoms with Crippen molar-refractivity contribution in [3.8, 4) is 23.0 Å². The normalized spacial score (nSPS) is 15.5. The SMILES string of the molecule is COc1ccc2c(c1)S[C@@H](c1ccc(F)cc1F)CCN2Cc1cc(OC)c(O)c(OC)c1. The number of rotatable bonds is 6. The maximum absolute atomic E-state index is 14.6. The van der Waals surface area contributed by atoms with Gasteiger partial charge in [0.15, 0.2) is 11.5 Å². The van der Waals surface area contributed by atoms with Gasteiger partial charge in [0.25, 0.3) is 0 Å². The first-order chi connectivity index (χ1) is 15.9. The number of fused-ring (bicyclic) bond motifs is 1. The van der Waals surface area contributed by atoms with Crippen LogP contribution >= 0.6 is 11.8 Å². The van der Waals surface area contributed by atoms with Crippen LogP contribution in [0, 0.1) is 11.6 Å². The number of benzene rings is 3. The monoisotopic (exact) mass is 473 g/mol. The number of phenolic OH excluding ortho intramolecular Hbond substituents is 1. The zero-order valence-electron chi connectivity index (χ0n) is 18.6. The Morgan fingerprint density at radius 3 is 2.33 bits per heavy atom. The zero-order chi connectivity index (χ0) is 23.5. The number of ether oxygens (including phenoxy) is 3. The predicted molar refractivity (Wildman–Crippen MR) is 125 cm³/mol. The van der Waals surface area contributed by atoms with E-state index in [1.165, 1.54) is 38.1 Å². The lowest BCUT2D eigenvalue weighted by Gasteiger charge is -2.25. The summed E-state index contributed by atoms with van der Waals surface area (Å²) in [6, 6.07) is 13.1. The lowest BCUT2D eigenvalue weighted by atomic mass is 10.1. The molecule has 33 heavy (non-hydrogen) atoms. The maximum Gasteiger partial charge on any atom is 0.200 e. The lowest BCUT2D eigenvalue weighted by molar-refractivity contribution is 0.339. The van der Waals surface area contributed by atoms with Crippen LogP contribution in [0.3, 0.4) is 0 Å². The standard InChI is InChI=1S/C25H25F2NO4S/c1-30-17-5-7-20-24(13-17)33-23(18-6-4-16(26)12-19(18)27)8-9-28(20)14-15-10-21(31-2)25(29)22(11-15)32-3/h4-7,10-13,23,29H,8-9,14H2,1-3H3/t23-/m1/s1. The Bertz CT molecular complexity index is 1130. The third kappa shape index (κ3) is 4.80. The highest BCUT2D eigenvalue weighted by Gasteiger charge is 2.26. The highest BCUT2D eigenvalue weighted by Crippen LogP contribution is 2.47. The molecule has 0 bridgehead atoms. The highest BCUT2D eigenvalue weighted by atomic mass is 32.2. The summed E-state index contributed by atoms with van der Waals surface area (Å²) in [5.74, 6) is 0.179. The molecule has 0 saturated carbocycles. The van der Waals surface area contributed by atoms with E-state index >= 15 is 0 Å². The van der Waals surface area contributed by atoms with Crippen LogP contribution in [-0.4, -0.2) is 33.0 Å². The summed E-state index contributed by atoms with van der Waals surface area (Å²) in [6.45, 7) is 1.16. The van der Waals surface area contributed by atoms with Gasteiger partial charge < -0.3 is 24.2 Å². The molecule has 3 aromatic rings. The Balaban J connectivity index is 1.71. The third-order valence-corrected chi connectivity index (χ3v) is 7.02. The molecule has 3 aromatic carbocycles. The quantitative estimate of drug-likeness (QED) is 0.478.